The molecule has 4 bridgehead atoms. The summed E-state index contributed by atoms with van der Waals surface area (Å²) in [6, 6.07) is 1.90. The van der Waals surface area contributed by atoms with Crippen molar-refractivity contribution in [1.82, 2.24) is 15.4 Å². The van der Waals surface area contributed by atoms with E-state index in [0.717, 1.165) is 48.5 Å². The van der Waals surface area contributed by atoms with Crippen LogP contribution in [0.2, 0.25) is 0 Å². The van der Waals surface area contributed by atoms with Crippen LogP contribution in [0.3, 0.4) is 0 Å². The van der Waals surface area contributed by atoms with Crippen LogP contribution >= 0.6 is 0 Å². The zero-order valence-corrected chi connectivity index (χ0v) is 14.7. The van der Waals surface area contributed by atoms with Gasteiger partial charge in [0.2, 0.25) is 0 Å². The molecule has 1 aliphatic heterocycles. The summed E-state index contributed by atoms with van der Waals surface area (Å²) in [5.74, 6) is 2.49. The largest absolute Gasteiger partial charge is 0.298 e. The van der Waals surface area contributed by atoms with Crippen LogP contribution in [0, 0.1) is 23.2 Å². The Hall–Kier alpha value is -1.46. The molecule has 0 aromatic carbocycles. The molecule has 1 aromatic rings. The van der Waals surface area contributed by atoms with Gasteiger partial charge < -0.3 is 0 Å². The summed E-state index contributed by atoms with van der Waals surface area (Å²) >= 11 is 0. The van der Waals surface area contributed by atoms with Crippen molar-refractivity contribution in [2.75, 3.05) is 13.1 Å². The number of amides is 1. The van der Waals surface area contributed by atoms with Gasteiger partial charge in [-0.1, -0.05) is 0 Å². The summed E-state index contributed by atoms with van der Waals surface area (Å²) in [4.78, 5) is 18.7. The molecule has 0 spiro atoms. The van der Waals surface area contributed by atoms with Crippen LogP contribution in [-0.2, 0) is 13.0 Å². The number of hydrogen-bond donors (Lipinski definition) is 2. The Bertz CT molecular complexity index is 667. The lowest BCUT2D eigenvalue weighted by molar-refractivity contribution is -0.0708. The number of hydroxylamine groups is 1. The van der Waals surface area contributed by atoms with Gasteiger partial charge in [0.25, 0.3) is 5.91 Å². The number of carbonyl (C=O) groups is 1. The van der Waals surface area contributed by atoms with Crippen molar-refractivity contribution in [2.24, 2.45) is 23.2 Å². The highest BCUT2D eigenvalue weighted by Gasteiger charge is 2.51. The molecule has 25 heavy (non-hydrogen) atoms. The van der Waals surface area contributed by atoms with Crippen LogP contribution in [0.4, 0.5) is 0 Å². The van der Waals surface area contributed by atoms with E-state index in [0.29, 0.717) is 11.0 Å². The first-order valence-corrected chi connectivity index (χ1v) is 9.77. The zero-order chi connectivity index (χ0) is 17.0. The molecule has 5 aliphatic rings. The minimum atomic E-state index is -0.478. The molecule has 2 heterocycles. The molecular formula is C20H27N3O2. The fourth-order valence-electron chi connectivity index (χ4n) is 6.77. The predicted molar refractivity (Wildman–Crippen MR) is 93.1 cm³/mol. The summed E-state index contributed by atoms with van der Waals surface area (Å²) in [7, 11) is 0. The van der Waals surface area contributed by atoms with Crippen molar-refractivity contribution in [1.29, 1.82) is 0 Å². The fraction of sp³-hybridized carbons (Fsp3) is 0.700. The molecule has 0 atom stereocenters. The molecule has 4 aliphatic carbocycles. The average molecular weight is 341 g/mol. The van der Waals surface area contributed by atoms with Gasteiger partial charge in [-0.3, -0.25) is 19.9 Å². The molecule has 6 rings (SSSR count). The summed E-state index contributed by atoms with van der Waals surface area (Å²) in [5.41, 5.74) is 4.97. The third-order valence-electron chi connectivity index (χ3n) is 7.21. The fourth-order valence-corrected chi connectivity index (χ4v) is 6.77. The standard InChI is InChI=1S/C20H27N3O2/c24-19(22-25)16-6-17-11-23(2-1-18(17)21-10-16)12-20-7-13-3-14(8-20)5-15(4-13)9-20/h6,10,13-15,25H,1-5,7-9,11-12H2,(H,22,24). The number of rotatable bonds is 3. The average Bonchev–Trinajstić information content (AvgIpc) is 2.59. The van der Waals surface area contributed by atoms with Crippen LogP contribution in [-0.4, -0.2) is 34.1 Å². The molecule has 5 heteroatoms. The van der Waals surface area contributed by atoms with Crippen LogP contribution in [0.5, 0.6) is 0 Å². The van der Waals surface area contributed by atoms with Crippen molar-refractivity contribution in [2.45, 2.75) is 51.5 Å². The number of pyridine rings is 1. The molecule has 4 fully saturated rings. The van der Waals surface area contributed by atoms with Gasteiger partial charge in [-0.2, -0.15) is 0 Å². The minimum absolute atomic E-state index is 0.443. The maximum atomic E-state index is 11.7. The SMILES string of the molecule is O=C(NO)c1cnc2c(c1)CN(CC13CC4CC(CC(C4)C1)C3)CC2. The van der Waals surface area contributed by atoms with E-state index in [1.165, 1.54) is 45.1 Å². The lowest BCUT2D eigenvalue weighted by Gasteiger charge is -2.58. The second-order valence-electron chi connectivity index (χ2n) is 9.15. The van der Waals surface area contributed by atoms with Crippen molar-refractivity contribution >= 4 is 5.91 Å². The smallest absolute Gasteiger partial charge is 0.276 e. The Labute approximate surface area is 148 Å². The highest BCUT2D eigenvalue weighted by molar-refractivity contribution is 5.93. The van der Waals surface area contributed by atoms with E-state index in [4.69, 9.17) is 5.21 Å². The molecular weight excluding hydrogens is 314 g/mol. The van der Waals surface area contributed by atoms with Gasteiger partial charge >= 0.3 is 0 Å². The van der Waals surface area contributed by atoms with Gasteiger partial charge in [0, 0.05) is 37.9 Å². The molecule has 1 amide bonds. The maximum Gasteiger partial charge on any atom is 0.276 e. The first kappa shape index (κ1) is 15.8. The van der Waals surface area contributed by atoms with Gasteiger partial charge in [0.15, 0.2) is 0 Å². The molecule has 0 radical (unpaired) electrons. The Balaban J connectivity index is 1.33. The minimum Gasteiger partial charge on any atom is -0.298 e. The monoisotopic (exact) mass is 341 g/mol. The van der Waals surface area contributed by atoms with Crippen molar-refractivity contribution in [3.8, 4) is 0 Å². The van der Waals surface area contributed by atoms with E-state index < -0.39 is 5.91 Å². The molecule has 0 saturated heterocycles. The lowest BCUT2D eigenvalue weighted by Crippen LogP contribution is -2.51. The summed E-state index contributed by atoms with van der Waals surface area (Å²) < 4.78 is 0. The molecule has 134 valence electrons. The van der Waals surface area contributed by atoms with E-state index in [1.807, 2.05) is 6.07 Å². The van der Waals surface area contributed by atoms with E-state index in [2.05, 4.69) is 9.88 Å². The maximum absolute atomic E-state index is 11.7. The van der Waals surface area contributed by atoms with Crippen LogP contribution < -0.4 is 5.48 Å². The number of carbonyl (C=O) groups excluding carboxylic acids is 1. The third-order valence-corrected chi connectivity index (χ3v) is 7.21. The zero-order valence-electron chi connectivity index (χ0n) is 14.7. The van der Waals surface area contributed by atoms with E-state index in [1.54, 1.807) is 11.7 Å². The van der Waals surface area contributed by atoms with Crippen LogP contribution in [0.25, 0.3) is 0 Å². The summed E-state index contributed by atoms with van der Waals surface area (Å²) in [5, 5.41) is 8.85. The Kier molecular flexibility index (Phi) is 3.64. The van der Waals surface area contributed by atoms with E-state index in [-0.39, 0.29) is 0 Å². The number of nitrogens with zero attached hydrogens (tertiary/aromatic N) is 2. The Morgan fingerprint density at radius 2 is 1.92 bits per heavy atom. The van der Waals surface area contributed by atoms with Crippen molar-refractivity contribution in [3.05, 3.63) is 29.1 Å². The van der Waals surface area contributed by atoms with Crippen LogP contribution in [0.15, 0.2) is 12.3 Å². The summed E-state index contributed by atoms with van der Waals surface area (Å²) in [6.07, 6.45) is 11.3. The quantitative estimate of drug-likeness (QED) is 0.655. The highest BCUT2D eigenvalue weighted by atomic mass is 16.5. The topological polar surface area (TPSA) is 65.5 Å². The van der Waals surface area contributed by atoms with Gasteiger partial charge in [-0.15, -0.1) is 0 Å². The Morgan fingerprint density at radius 3 is 2.56 bits per heavy atom. The number of nitrogens with one attached hydrogen (secondary N) is 1. The molecule has 0 unspecified atom stereocenters. The molecule has 1 aromatic heterocycles. The van der Waals surface area contributed by atoms with Gasteiger partial charge in [-0.05, 0) is 73.3 Å². The normalized spacial score (nSPS) is 36.3. The van der Waals surface area contributed by atoms with Gasteiger partial charge in [0.05, 0.1) is 5.56 Å². The first-order chi connectivity index (χ1) is 12.1. The number of fused-ring (bicyclic) bond motifs is 1. The molecule has 2 N–H and O–H groups in total. The van der Waals surface area contributed by atoms with Crippen molar-refractivity contribution in [3.63, 3.8) is 0 Å². The third kappa shape index (κ3) is 2.77. The lowest BCUT2D eigenvalue weighted by atomic mass is 9.49. The van der Waals surface area contributed by atoms with Crippen LogP contribution in [0.1, 0.15) is 60.1 Å². The molecule has 5 nitrogen and oxygen atoms in total. The Morgan fingerprint density at radius 1 is 1.24 bits per heavy atom. The van der Waals surface area contributed by atoms with Gasteiger partial charge in [0.1, 0.15) is 0 Å². The predicted octanol–water partition coefficient (Wildman–Crippen LogP) is 2.78. The summed E-state index contributed by atoms with van der Waals surface area (Å²) in [6.45, 7) is 3.18. The van der Waals surface area contributed by atoms with Gasteiger partial charge in [-0.25, -0.2) is 5.48 Å². The number of hydrogen-bond acceptors (Lipinski definition) is 4. The number of aromatic nitrogens is 1. The van der Waals surface area contributed by atoms with E-state index in [9.17, 15) is 4.79 Å². The molecule has 4 saturated carbocycles. The highest BCUT2D eigenvalue weighted by Crippen LogP contribution is 2.60. The van der Waals surface area contributed by atoms with Crippen molar-refractivity contribution < 1.29 is 10.0 Å². The second-order valence-corrected chi connectivity index (χ2v) is 9.15. The second kappa shape index (κ2) is 5.78. The first-order valence-electron chi connectivity index (χ1n) is 9.77. The van der Waals surface area contributed by atoms with E-state index >= 15 is 0 Å².